The summed E-state index contributed by atoms with van der Waals surface area (Å²) in [6, 6.07) is 18.7. The van der Waals surface area contributed by atoms with Gasteiger partial charge < -0.3 is 10.2 Å². The summed E-state index contributed by atoms with van der Waals surface area (Å²) in [5.74, 6) is -1.02. The molecule has 1 aromatic heterocycles. The molecular formula is C19H17NO3S. The number of carbonyl (C=O) groups is 1. The van der Waals surface area contributed by atoms with E-state index in [9.17, 15) is 15.0 Å². The number of carboxylic acids is 1. The van der Waals surface area contributed by atoms with Crippen LogP contribution in [-0.4, -0.2) is 21.2 Å². The fourth-order valence-electron chi connectivity index (χ4n) is 2.57. The fourth-order valence-corrected chi connectivity index (χ4v) is 3.49. The normalized spacial score (nSPS) is 13.4. The first-order valence-electron chi connectivity index (χ1n) is 7.54. The molecule has 3 aromatic rings. The van der Waals surface area contributed by atoms with E-state index in [-0.39, 0.29) is 11.3 Å². The van der Waals surface area contributed by atoms with Gasteiger partial charge in [0.05, 0.1) is 11.3 Å². The van der Waals surface area contributed by atoms with E-state index in [2.05, 4.69) is 4.98 Å². The first-order chi connectivity index (χ1) is 11.5. The Morgan fingerprint density at radius 1 is 1.08 bits per heavy atom. The topological polar surface area (TPSA) is 70.4 Å². The van der Waals surface area contributed by atoms with Crippen molar-refractivity contribution >= 4 is 17.3 Å². The number of hydrogen-bond donors (Lipinski definition) is 2. The summed E-state index contributed by atoms with van der Waals surface area (Å²) < 4.78 is 0. The minimum Gasteiger partial charge on any atom is -0.477 e. The van der Waals surface area contributed by atoms with Crippen LogP contribution in [0.3, 0.4) is 0 Å². The molecule has 2 N–H and O–H groups in total. The molecule has 0 fully saturated rings. The lowest BCUT2D eigenvalue weighted by Crippen LogP contribution is -2.25. The maximum atomic E-state index is 11.6. The molecule has 5 heteroatoms. The van der Waals surface area contributed by atoms with Crippen LogP contribution in [0, 0.1) is 0 Å². The molecule has 2 aromatic carbocycles. The summed E-state index contributed by atoms with van der Waals surface area (Å²) in [4.78, 5) is 16.2. The van der Waals surface area contributed by atoms with Crippen LogP contribution >= 0.6 is 11.3 Å². The number of thiazole rings is 1. The zero-order valence-corrected chi connectivity index (χ0v) is 14.0. The summed E-state index contributed by atoms with van der Waals surface area (Å²) in [6.07, 6.45) is 0.141. The van der Waals surface area contributed by atoms with E-state index in [0.717, 1.165) is 22.5 Å². The molecule has 0 radical (unpaired) electrons. The van der Waals surface area contributed by atoms with E-state index in [4.69, 9.17) is 0 Å². The van der Waals surface area contributed by atoms with Crippen molar-refractivity contribution in [3.8, 4) is 10.6 Å². The quantitative estimate of drug-likeness (QED) is 0.738. The van der Waals surface area contributed by atoms with E-state index in [1.54, 1.807) is 6.92 Å². The van der Waals surface area contributed by atoms with Crippen LogP contribution in [0.5, 0.6) is 0 Å². The molecule has 0 saturated carbocycles. The second kappa shape index (κ2) is 6.55. The Morgan fingerprint density at radius 3 is 2.25 bits per heavy atom. The van der Waals surface area contributed by atoms with Crippen molar-refractivity contribution in [2.75, 3.05) is 0 Å². The Bertz CT molecular complexity index is 842. The number of aromatic nitrogens is 1. The van der Waals surface area contributed by atoms with Crippen LogP contribution in [-0.2, 0) is 12.0 Å². The SMILES string of the molecule is CC(O)(Cc1nc(-c2ccccc2)sc1C(=O)O)c1ccccc1. The molecule has 1 unspecified atom stereocenters. The molecule has 0 aliphatic heterocycles. The molecule has 24 heavy (non-hydrogen) atoms. The average molecular weight is 339 g/mol. The number of rotatable bonds is 5. The Kier molecular flexibility index (Phi) is 4.46. The summed E-state index contributed by atoms with van der Waals surface area (Å²) in [5.41, 5.74) is 0.819. The Hall–Kier alpha value is -2.50. The minimum atomic E-state index is -1.19. The highest BCUT2D eigenvalue weighted by Gasteiger charge is 2.28. The highest BCUT2D eigenvalue weighted by atomic mass is 32.1. The summed E-state index contributed by atoms with van der Waals surface area (Å²) >= 11 is 1.13. The molecule has 4 nitrogen and oxygen atoms in total. The third kappa shape index (κ3) is 3.37. The molecule has 0 aliphatic rings. The lowest BCUT2D eigenvalue weighted by molar-refractivity contribution is 0.0558. The molecule has 1 heterocycles. The van der Waals surface area contributed by atoms with Gasteiger partial charge in [-0.2, -0.15) is 0 Å². The van der Waals surface area contributed by atoms with Gasteiger partial charge in [-0.05, 0) is 12.5 Å². The van der Waals surface area contributed by atoms with Gasteiger partial charge in [-0.15, -0.1) is 11.3 Å². The van der Waals surface area contributed by atoms with Crippen molar-refractivity contribution < 1.29 is 15.0 Å². The zero-order valence-electron chi connectivity index (χ0n) is 13.1. The highest BCUT2D eigenvalue weighted by molar-refractivity contribution is 7.17. The Morgan fingerprint density at radius 2 is 1.67 bits per heavy atom. The number of benzene rings is 2. The van der Waals surface area contributed by atoms with E-state index in [1.807, 2.05) is 60.7 Å². The second-order valence-corrected chi connectivity index (χ2v) is 6.78. The van der Waals surface area contributed by atoms with Gasteiger partial charge in [-0.1, -0.05) is 60.7 Å². The van der Waals surface area contributed by atoms with Gasteiger partial charge >= 0.3 is 5.97 Å². The molecule has 1 atom stereocenters. The summed E-state index contributed by atoms with van der Waals surface area (Å²) in [6.45, 7) is 1.68. The molecule has 0 aliphatic carbocycles. The monoisotopic (exact) mass is 339 g/mol. The molecule has 0 saturated heterocycles. The molecule has 0 spiro atoms. The molecule has 3 rings (SSSR count). The fraction of sp³-hybridized carbons (Fsp3) is 0.158. The van der Waals surface area contributed by atoms with Crippen molar-refractivity contribution in [2.45, 2.75) is 18.9 Å². The maximum Gasteiger partial charge on any atom is 0.347 e. The largest absolute Gasteiger partial charge is 0.477 e. The molecule has 0 amide bonds. The van der Waals surface area contributed by atoms with Crippen LogP contribution in [0.1, 0.15) is 27.9 Å². The highest BCUT2D eigenvalue weighted by Crippen LogP contribution is 2.32. The number of carboxylic acid groups (broad SMARTS) is 1. The molecular weight excluding hydrogens is 322 g/mol. The summed E-state index contributed by atoms with van der Waals surface area (Å²) in [5, 5.41) is 20.9. The Labute approximate surface area is 144 Å². The van der Waals surface area contributed by atoms with Gasteiger partial charge in [0.15, 0.2) is 0 Å². The average Bonchev–Trinajstić information content (AvgIpc) is 3.00. The maximum absolute atomic E-state index is 11.6. The van der Waals surface area contributed by atoms with Crippen LogP contribution in [0.15, 0.2) is 60.7 Å². The molecule has 0 bridgehead atoms. The van der Waals surface area contributed by atoms with Crippen LogP contribution in [0.25, 0.3) is 10.6 Å². The van der Waals surface area contributed by atoms with Crippen LogP contribution in [0.2, 0.25) is 0 Å². The first kappa shape index (κ1) is 16.4. The van der Waals surface area contributed by atoms with Gasteiger partial charge in [0, 0.05) is 12.0 Å². The van der Waals surface area contributed by atoms with Crippen LogP contribution in [0.4, 0.5) is 0 Å². The van der Waals surface area contributed by atoms with Gasteiger partial charge in [0.25, 0.3) is 0 Å². The predicted octanol–water partition coefficient (Wildman–Crippen LogP) is 3.96. The third-order valence-electron chi connectivity index (χ3n) is 3.82. The van der Waals surface area contributed by atoms with Crippen molar-refractivity contribution in [1.82, 2.24) is 4.98 Å². The van der Waals surface area contributed by atoms with Gasteiger partial charge in [-0.3, -0.25) is 0 Å². The van der Waals surface area contributed by atoms with Crippen molar-refractivity contribution in [1.29, 1.82) is 0 Å². The number of nitrogens with zero attached hydrogens (tertiary/aromatic N) is 1. The Balaban J connectivity index is 1.98. The zero-order chi connectivity index (χ0) is 17.2. The first-order valence-corrected chi connectivity index (χ1v) is 8.35. The minimum absolute atomic E-state index is 0.141. The van der Waals surface area contributed by atoms with Gasteiger partial charge in [0.1, 0.15) is 9.88 Å². The number of aromatic carboxylic acids is 1. The second-order valence-electron chi connectivity index (χ2n) is 5.78. The van der Waals surface area contributed by atoms with Crippen molar-refractivity contribution in [2.24, 2.45) is 0 Å². The lowest BCUT2D eigenvalue weighted by atomic mass is 9.91. The van der Waals surface area contributed by atoms with Gasteiger partial charge in [-0.25, -0.2) is 9.78 Å². The molecule has 122 valence electrons. The van der Waals surface area contributed by atoms with Crippen molar-refractivity contribution in [3.05, 3.63) is 76.8 Å². The number of aliphatic hydroxyl groups is 1. The van der Waals surface area contributed by atoms with Gasteiger partial charge in [0.2, 0.25) is 0 Å². The summed E-state index contributed by atoms with van der Waals surface area (Å²) in [7, 11) is 0. The smallest absolute Gasteiger partial charge is 0.347 e. The van der Waals surface area contributed by atoms with Crippen molar-refractivity contribution in [3.63, 3.8) is 0 Å². The van der Waals surface area contributed by atoms with E-state index >= 15 is 0 Å². The number of hydrogen-bond acceptors (Lipinski definition) is 4. The van der Waals surface area contributed by atoms with E-state index < -0.39 is 11.6 Å². The lowest BCUT2D eigenvalue weighted by Gasteiger charge is -2.23. The third-order valence-corrected chi connectivity index (χ3v) is 4.95. The predicted molar refractivity (Wildman–Crippen MR) is 94.2 cm³/mol. The standard InChI is InChI=1S/C19H17NO3S/c1-19(23,14-10-6-3-7-11-14)12-15-16(18(21)22)24-17(20-15)13-8-4-2-5-9-13/h2-11,23H,12H2,1H3,(H,21,22). The van der Waals surface area contributed by atoms with E-state index in [1.165, 1.54) is 0 Å². The van der Waals surface area contributed by atoms with Crippen LogP contribution < -0.4 is 0 Å². The van der Waals surface area contributed by atoms with E-state index in [0.29, 0.717) is 10.7 Å².